The van der Waals surface area contributed by atoms with Gasteiger partial charge in [-0.1, -0.05) is 244 Å². The number of carbonyl (C=O) groups excluding carboxylic acids is 2. The van der Waals surface area contributed by atoms with Crippen LogP contribution in [0.25, 0.3) is 0 Å². The first-order chi connectivity index (χ1) is 35.2. The number of amides is 1. The third-order valence-corrected chi connectivity index (χ3v) is 14.6. The maximum absolute atomic E-state index is 13.0. The molecule has 1 fully saturated rings. The minimum absolute atomic E-state index is 0.0143. The van der Waals surface area contributed by atoms with Crippen molar-refractivity contribution in [3.63, 3.8) is 0 Å². The predicted molar refractivity (Wildman–Crippen MR) is 297 cm³/mol. The molecular weight excluding hydrogens is 907 g/mol. The number of rotatable bonds is 53. The molecule has 6 N–H and O–H groups in total. The van der Waals surface area contributed by atoms with Gasteiger partial charge in [-0.25, -0.2) is 0 Å². The van der Waals surface area contributed by atoms with Crippen LogP contribution in [0, 0.1) is 0 Å². The highest BCUT2D eigenvalue weighted by molar-refractivity contribution is 5.76. The molecule has 1 rings (SSSR count). The zero-order chi connectivity index (χ0) is 52.4. The summed E-state index contributed by atoms with van der Waals surface area (Å²) in [7, 11) is 0. The average molecular weight is 1020 g/mol. The van der Waals surface area contributed by atoms with E-state index in [2.05, 4.69) is 31.3 Å². The molecule has 11 heteroatoms. The van der Waals surface area contributed by atoms with Crippen molar-refractivity contribution in [1.82, 2.24) is 5.32 Å². The summed E-state index contributed by atoms with van der Waals surface area (Å²) < 4.78 is 16.7. The van der Waals surface area contributed by atoms with Gasteiger partial charge in [-0.05, 0) is 57.8 Å². The number of hydrogen-bond acceptors (Lipinski definition) is 10. The minimum atomic E-state index is -1.57. The number of nitrogens with one attached hydrogen (secondary N) is 1. The van der Waals surface area contributed by atoms with E-state index in [1.807, 2.05) is 6.08 Å². The van der Waals surface area contributed by atoms with Crippen molar-refractivity contribution >= 4 is 11.9 Å². The Kier molecular flexibility index (Phi) is 48.5. The van der Waals surface area contributed by atoms with Gasteiger partial charge in [0.05, 0.1) is 32.0 Å². The highest BCUT2D eigenvalue weighted by Crippen LogP contribution is 2.23. The highest BCUT2D eigenvalue weighted by atomic mass is 16.7. The minimum Gasteiger partial charge on any atom is -0.466 e. The number of aliphatic hydroxyl groups excluding tert-OH is 5. The molecule has 1 aliphatic heterocycles. The first-order valence-corrected chi connectivity index (χ1v) is 30.6. The van der Waals surface area contributed by atoms with Gasteiger partial charge in [0.1, 0.15) is 24.4 Å². The Balaban J connectivity index is 2.00. The molecule has 1 heterocycles. The monoisotopic (exact) mass is 1020 g/mol. The number of esters is 1. The lowest BCUT2D eigenvalue weighted by atomic mass is 9.99. The number of aliphatic hydroxyl groups is 5. The highest BCUT2D eigenvalue weighted by Gasteiger charge is 2.44. The quantitative estimate of drug-likeness (QED) is 0.0195. The fourth-order valence-corrected chi connectivity index (χ4v) is 9.67. The van der Waals surface area contributed by atoms with E-state index in [0.717, 1.165) is 64.2 Å². The Hall–Kier alpha value is -1.86. The molecule has 1 amide bonds. The van der Waals surface area contributed by atoms with Crippen molar-refractivity contribution in [3.8, 4) is 0 Å². The molecule has 7 unspecified atom stereocenters. The van der Waals surface area contributed by atoms with E-state index in [1.165, 1.54) is 199 Å². The van der Waals surface area contributed by atoms with E-state index < -0.39 is 49.5 Å². The van der Waals surface area contributed by atoms with Crippen LogP contribution in [0.2, 0.25) is 0 Å². The fourth-order valence-electron chi connectivity index (χ4n) is 9.67. The number of ether oxygens (including phenoxy) is 3. The van der Waals surface area contributed by atoms with Crippen LogP contribution in [0.3, 0.4) is 0 Å². The van der Waals surface area contributed by atoms with Crippen LogP contribution in [0.1, 0.15) is 290 Å². The molecule has 0 radical (unpaired) electrons. The van der Waals surface area contributed by atoms with Crippen molar-refractivity contribution in [2.45, 2.75) is 333 Å². The zero-order valence-electron chi connectivity index (χ0n) is 46.7. The van der Waals surface area contributed by atoms with E-state index in [1.54, 1.807) is 6.08 Å². The van der Waals surface area contributed by atoms with Crippen LogP contribution in [0.15, 0.2) is 24.3 Å². The normalized spacial score (nSPS) is 19.1. The zero-order valence-corrected chi connectivity index (χ0v) is 46.7. The van der Waals surface area contributed by atoms with Crippen LogP contribution >= 0.6 is 0 Å². The van der Waals surface area contributed by atoms with E-state index in [4.69, 9.17) is 14.2 Å². The number of unbranched alkanes of at least 4 members (excludes halogenated alkanes) is 37. The Morgan fingerprint density at radius 1 is 0.500 bits per heavy atom. The number of carbonyl (C=O) groups is 2. The molecule has 1 saturated heterocycles. The van der Waals surface area contributed by atoms with Gasteiger partial charge in [0.15, 0.2) is 6.29 Å². The van der Waals surface area contributed by atoms with Gasteiger partial charge in [0.2, 0.25) is 5.91 Å². The molecule has 0 saturated carbocycles. The lowest BCUT2D eigenvalue weighted by Crippen LogP contribution is -2.60. The van der Waals surface area contributed by atoms with E-state index in [9.17, 15) is 35.1 Å². The Labute approximate surface area is 441 Å². The molecule has 0 aromatic carbocycles. The molecule has 0 aromatic rings. The standard InChI is InChI=1S/C61H115NO10/c1-3-5-7-9-11-13-14-15-16-17-20-23-26-29-33-37-41-45-49-57(66)70-50-46-42-38-34-30-27-24-21-18-19-22-25-28-32-36-40-44-48-56(65)62-53(54(64)47-43-39-35-31-12-10-8-6-4-2)52-71-61-60(69)59(68)58(67)55(51-63)72-61/h16-17,43,47,53-55,58-61,63-64,67-69H,3-15,18-42,44-46,48-52H2,1-2H3,(H,62,65)/b17-16-,47-43+. The van der Waals surface area contributed by atoms with E-state index in [-0.39, 0.29) is 18.5 Å². The molecule has 11 nitrogen and oxygen atoms in total. The summed E-state index contributed by atoms with van der Waals surface area (Å²) in [6.07, 6.45) is 51.4. The SMILES string of the molecule is CCCCCCCCC/C=C\CCCCCCCCCC(=O)OCCCCCCCCCCCCCCCCCCCC(=O)NC(COC1OC(CO)C(O)C(O)C1O)C(O)/C=C/CCCCCCCCC. The topological polar surface area (TPSA) is 175 Å². The fraction of sp³-hybridized carbons (Fsp3) is 0.902. The smallest absolute Gasteiger partial charge is 0.305 e. The molecule has 72 heavy (non-hydrogen) atoms. The summed E-state index contributed by atoms with van der Waals surface area (Å²) in [5.74, 6) is -0.203. The number of allylic oxidation sites excluding steroid dienone is 3. The van der Waals surface area contributed by atoms with Gasteiger partial charge in [0.25, 0.3) is 0 Å². The second kappa shape index (κ2) is 51.3. The summed E-state index contributed by atoms with van der Waals surface area (Å²) in [6.45, 7) is 4.30. The van der Waals surface area contributed by atoms with Crippen LogP contribution in [-0.2, 0) is 23.8 Å². The Morgan fingerprint density at radius 2 is 0.889 bits per heavy atom. The summed E-state index contributed by atoms with van der Waals surface area (Å²) in [5.41, 5.74) is 0. The maximum atomic E-state index is 13.0. The third-order valence-electron chi connectivity index (χ3n) is 14.6. The third kappa shape index (κ3) is 40.5. The van der Waals surface area contributed by atoms with Crippen molar-refractivity contribution in [3.05, 3.63) is 24.3 Å². The molecule has 0 bridgehead atoms. The van der Waals surface area contributed by atoms with Gasteiger partial charge in [-0.15, -0.1) is 0 Å². The molecule has 1 aliphatic rings. The maximum Gasteiger partial charge on any atom is 0.305 e. The average Bonchev–Trinajstić information content (AvgIpc) is 3.38. The van der Waals surface area contributed by atoms with E-state index in [0.29, 0.717) is 19.4 Å². The van der Waals surface area contributed by atoms with Gasteiger partial charge < -0.3 is 45.1 Å². The largest absolute Gasteiger partial charge is 0.466 e. The molecule has 0 spiro atoms. The molecule has 0 aromatic heterocycles. The van der Waals surface area contributed by atoms with Gasteiger partial charge >= 0.3 is 5.97 Å². The molecule has 0 aliphatic carbocycles. The second-order valence-electron chi connectivity index (χ2n) is 21.4. The Morgan fingerprint density at radius 3 is 1.33 bits per heavy atom. The lowest BCUT2D eigenvalue weighted by Gasteiger charge is -2.40. The van der Waals surface area contributed by atoms with Crippen molar-refractivity contribution < 1.29 is 49.3 Å². The van der Waals surface area contributed by atoms with Crippen LogP contribution in [-0.4, -0.2) is 100 Å². The van der Waals surface area contributed by atoms with Gasteiger partial charge in [-0.2, -0.15) is 0 Å². The molecular formula is C61H115NO10. The summed E-state index contributed by atoms with van der Waals surface area (Å²) >= 11 is 0. The second-order valence-corrected chi connectivity index (χ2v) is 21.4. The predicted octanol–water partition coefficient (Wildman–Crippen LogP) is 14.1. The summed E-state index contributed by atoms with van der Waals surface area (Å²) in [4.78, 5) is 25.1. The van der Waals surface area contributed by atoms with Crippen LogP contribution in [0.4, 0.5) is 0 Å². The van der Waals surface area contributed by atoms with Crippen LogP contribution in [0.5, 0.6) is 0 Å². The first kappa shape index (κ1) is 68.2. The van der Waals surface area contributed by atoms with Crippen molar-refractivity contribution in [2.75, 3.05) is 19.8 Å². The Bertz CT molecular complexity index is 1250. The summed E-state index contributed by atoms with van der Waals surface area (Å²) in [6, 6.07) is -0.812. The van der Waals surface area contributed by atoms with E-state index >= 15 is 0 Å². The van der Waals surface area contributed by atoms with Gasteiger partial charge in [-0.3, -0.25) is 9.59 Å². The molecule has 424 valence electrons. The van der Waals surface area contributed by atoms with Crippen molar-refractivity contribution in [2.24, 2.45) is 0 Å². The summed E-state index contributed by atoms with van der Waals surface area (Å²) in [5, 5.41) is 54.2. The van der Waals surface area contributed by atoms with Crippen molar-refractivity contribution in [1.29, 1.82) is 0 Å². The van der Waals surface area contributed by atoms with Gasteiger partial charge in [0, 0.05) is 12.8 Å². The lowest BCUT2D eigenvalue weighted by molar-refractivity contribution is -0.302. The molecule has 7 atom stereocenters. The number of hydrogen-bond donors (Lipinski definition) is 6. The first-order valence-electron chi connectivity index (χ1n) is 30.6. The van der Waals surface area contributed by atoms with Crippen LogP contribution < -0.4 is 5.32 Å².